The molecule has 19 heavy (non-hydrogen) atoms. The SMILES string of the molecule is CCCN(CCN(C)C)C1(CN)CC(C)(C)CC1C. The third-order valence-corrected chi connectivity index (χ3v) is 4.85. The maximum atomic E-state index is 6.26. The molecule has 0 heterocycles. The van der Waals surface area contributed by atoms with E-state index in [1.165, 1.54) is 25.8 Å². The molecule has 0 bridgehead atoms. The van der Waals surface area contributed by atoms with Crippen molar-refractivity contribution in [3.8, 4) is 0 Å². The Kier molecular flexibility index (Phi) is 5.84. The Morgan fingerprint density at radius 2 is 1.79 bits per heavy atom. The van der Waals surface area contributed by atoms with Crippen LogP contribution in [0.15, 0.2) is 0 Å². The summed E-state index contributed by atoms with van der Waals surface area (Å²) in [4.78, 5) is 4.96. The second-order valence-electron chi connectivity index (χ2n) is 7.54. The summed E-state index contributed by atoms with van der Waals surface area (Å²) in [5.74, 6) is 0.696. The summed E-state index contributed by atoms with van der Waals surface area (Å²) < 4.78 is 0. The van der Waals surface area contributed by atoms with Crippen molar-refractivity contribution in [1.29, 1.82) is 0 Å². The first-order chi connectivity index (χ1) is 8.77. The van der Waals surface area contributed by atoms with Gasteiger partial charge in [-0.25, -0.2) is 0 Å². The van der Waals surface area contributed by atoms with Crippen LogP contribution in [0.5, 0.6) is 0 Å². The van der Waals surface area contributed by atoms with Crippen molar-refractivity contribution in [2.45, 2.75) is 52.5 Å². The average Bonchev–Trinajstić information content (AvgIpc) is 2.54. The number of hydrogen-bond acceptors (Lipinski definition) is 3. The Hall–Kier alpha value is -0.120. The Bertz CT molecular complexity index is 275. The molecule has 1 aliphatic carbocycles. The lowest BCUT2D eigenvalue weighted by Gasteiger charge is -2.45. The smallest absolute Gasteiger partial charge is 0.0363 e. The third-order valence-electron chi connectivity index (χ3n) is 4.85. The Morgan fingerprint density at radius 3 is 2.16 bits per heavy atom. The van der Waals surface area contributed by atoms with Gasteiger partial charge in [-0.3, -0.25) is 4.90 Å². The highest BCUT2D eigenvalue weighted by molar-refractivity contribution is 5.06. The highest BCUT2D eigenvalue weighted by Crippen LogP contribution is 2.49. The molecule has 0 aromatic heterocycles. The van der Waals surface area contributed by atoms with Crippen molar-refractivity contribution in [1.82, 2.24) is 9.80 Å². The van der Waals surface area contributed by atoms with Crippen molar-refractivity contribution >= 4 is 0 Å². The van der Waals surface area contributed by atoms with Gasteiger partial charge in [-0.1, -0.05) is 27.7 Å². The second kappa shape index (κ2) is 6.55. The topological polar surface area (TPSA) is 32.5 Å². The Morgan fingerprint density at radius 1 is 1.16 bits per heavy atom. The van der Waals surface area contributed by atoms with Crippen LogP contribution in [0.3, 0.4) is 0 Å². The first-order valence-corrected chi connectivity index (χ1v) is 7.87. The summed E-state index contributed by atoms with van der Waals surface area (Å²) in [6.45, 7) is 13.7. The van der Waals surface area contributed by atoms with Gasteiger partial charge in [0.1, 0.15) is 0 Å². The van der Waals surface area contributed by atoms with Crippen LogP contribution in [0.4, 0.5) is 0 Å². The number of hydrogen-bond donors (Lipinski definition) is 1. The van der Waals surface area contributed by atoms with Gasteiger partial charge in [0.05, 0.1) is 0 Å². The maximum Gasteiger partial charge on any atom is 0.0363 e. The number of nitrogens with zero attached hydrogens (tertiary/aromatic N) is 2. The zero-order valence-electron chi connectivity index (χ0n) is 14.0. The largest absolute Gasteiger partial charge is 0.329 e. The van der Waals surface area contributed by atoms with Crippen LogP contribution in [-0.2, 0) is 0 Å². The van der Waals surface area contributed by atoms with Gasteiger partial charge in [0.25, 0.3) is 0 Å². The molecule has 3 heteroatoms. The van der Waals surface area contributed by atoms with Crippen LogP contribution in [0, 0.1) is 11.3 Å². The predicted octanol–water partition coefficient (Wildman–Crippen LogP) is 2.41. The third kappa shape index (κ3) is 3.93. The molecular formula is C16H35N3. The minimum Gasteiger partial charge on any atom is -0.329 e. The van der Waals surface area contributed by atoms with Crippen molar-refractivity contribution < 1.29 is 0 Å². The van der Waals surface area contributed by atoms with E-state index >= 15 is 0 Å². The lowest BCUT2D eigenvalue weighted by Crippen LogP contribution is -2.57. The second-order valence-corrected chi connectivity index (χ2v) is 7.54. The summed E-state index contributed by atoms with van der Waals surface area (Å²) in [5.41, 5.74) is 6.91. The van der Waals surface area contributed by atoms with E-state index in [1.54, 1.807) is 0 Å². The minimum absolute atomic E-state index is 0.218. The van der Waals surface area contributed by atoms with Crippen molar-refractivity contribution in [2.75, 3.05) is 40.3 Å². The van der Waals surface area contributed by atoms with E-state index in [9.17, 15) is 0 Å². The van der Waals surface area contributed by atoms with Crippen LogP contribution in [-0.4, -0.2) is 55.6 Å². The van der Waals surface area contributed by atoms with Gasteiger partial charge in [0.15, 0.2) is 0 Å². The molecule has 1 rings (SSSR count). The van der Waals surface area contributed by atoms with Gasteiger partial charge < -0.3 is 10.6 Å². The zero-order chi connectivity index (χ0) is 14.7. The fraction of sp³-hybridized carbons (Fsp3) is 1.00. The van der Waals surface area contributed by atoms with Crippen LogP contribution in [0.1, 0.15) is 47.0 Å². The number of likely N-dealkylation sites (N-methyl/N-ethyl adjacent to an activating group) is 1. The molecule has 0 aliphatic heterocycles. The van der Waals surface area contributed by atoms with Gasteiger partial charge in [-0.15, -0.1) is 0 Å². The molecule has 1 aliphatic rings. The highest BCUT2D eigenvalue weighted by Gasteiger charge is 2.50. The van der Waals surface area contributed by atoms with Crippen molar-refractivity contribution in [3.63, 3.8) is 0 Å². The summed E-state index contributed by atoms with van der Waals surface area (Å²) in [6, 6.07) is 0. The predicted molar refractivity (Wildman–Crippen MR) is 84.4 cm³/mol. The molecule has 0 spiro atoms. The molecule has 3 nitrogen and oxygen atoms in total. The molecule has 2 atom stereocenters. The lowest BCUT2D eigenvalue weighted by atomic mass is 9.84. The molecule has 2 N–H and O–H groups in total. The van der Waals surface area contributed by atoms with Gasteiger partial charge >= 0.3 is 0 Å². The lowest BCUT2D eigenvalue weighted by molar-refractivity contribution is 0.0527. The van der Waals surface area contributed by atoms with Crippen molar-refractivity contribution in [3.05, 3.63) is 0 Å². The highest BCUT2D eigenvalue weighted by atomic mass is 15.2. The van der Waals surface area contributed by atoms with Gasteiger partial charge in [0, 0.05) is 25.2 Å². The van der Waals surface area contributed by atoms with Crippen LogP contribution in [0.2, 0.25) is 0 Å². The fourth-order valence-electron chi connectivity index (χ4n) is 4.07. The Labute approximate surface area is 120 Å². The van der Waals surface area contributed by atoms with Crippen LogP contribution in [0.25, 0.3) is 0 Å². The molecule has 0 aromatic carbocycles. The van der Waals surface area contributed by atoms with E-state index in [4.69, 9.17) is 5.73 Å². The summed E-state index contributed by atoms with van der Waals surface area (Å²) >= 11 is 0. The minimum atomic E-state index is 0.218. The zero-order valence-corrected chi connectivity index (χ0v) is 14.0. The van der Waals surface area contributed by atoms with Crippen LogP contribution < -0.4 is 5.73 Å². The van der Waals surface area contributed by atoms with Gasteiger partial charge in [-0.05, 0) is 51.2 Å². The molecular weight excluding hydrogens is 234 g/mol. The van der Waals surface area contributed by atoms with Gasteiger partial charge in [-0.2, -0.15) is 0 Å². The van der Waals surface area contributed by atoms with E-state index in [0.717, 1.165) is 19.6 Å². The van der Waals surface area contributed by atoms with Crippen molar-refractivity contribution in [2.24, 2.45) is 17.1 Å². The quantitative estimate of drug-likeness (QED) is 0.770. The summed E-state index contributed by atoms with van der Waals surface area (Å²) in [5, 5.41) is 0. The first-order valence-electron chi connectivity index (χ1n) is 7.87. The molecule has 114 valence electrons. The molecule has 2 unspecified atom stereocenters. The standard InChI is InChI=1S/C16H35N3/c1-7-8-19(10-9-18(5)6)16(13-17)12-15(3,4)11-14(16)2/h14H,7-13,17H2,1-6H3. The Balaban J connectivity index is 2.88. The average molecular weight is 269 g/mol. The van der Waals surface area contributed by atoms with E-state index < -0.39 is 0 Å². The number of nitrogens with two attached hydrogens (primary N) is 1. The van der Waals surface area contributed by atoms with Gasteiger partial charge in [0.2, 0.25) is 0 Å². The van der Waals surface area contributed by atoms with E-state index in [2.05, 4.69) is 51.6 Å². The fourth-order valence-corrected chi connectivity index (χ4v) is 4.07. The number of rotatable bonds is 7. The summed E-state index contributed by atoms with van der Waals surface area (Å²) in [6.07, 6.45) is 3.75. The molecule has 0 saturated heterocycles. The molecule has 0 radical (unpaired) electrons. The van der Waals surface area contributed by atoms with E-state index in [-0.39, 0.29) is 5.54 Å². The first kappa shape index (κ1) is 16.9. The molecule has 0 aromatic rings. The van der Waals surface area contributed by atoms with Crippen LogP contribution >= 0.6 is 0 Å². The maximum absolute atomic E-state index is 6.26. The molecule has 1 saturated carbocycles. The summed E-state index contributed by atoms with van der Waals surface area (Å²) in [7, 11) is 4.31. The van der Waals surface area contributed by atoms with E-state index in [1.807, 2.05) is 0 Å². The monoisotopic (exact) mass is 269 g/mol. The molecule has 1 fully saturated rings. The molecule has 0 amide bonds. The van der Waals surface area contributed by atoms with E-state index in [0.29, 0.717) is 11.3 Å². The normalized spacial score (nSPS) is 30.5.